The fraction of sp³-hybridized carbons (Fsp3) is 0.400. The van der Waals surface area contributed by atoms with Crippen molar-refractivity contribution in [1.29, 1.82) is 0 Å². The molecule has 0 bridgehead atoms. The maximum atomic E-state index is 9.20. The van der Waals surface area contributed by atoms with E-state index in [1.54, 1.807) is 0 Å². The van der Waals surface area contributed by atoms with Crippen molar-refractivity contribution in [3.63, 3.8) is 0 Å². The number of aliphatic hydroxyl groups is 1. The van der Waals surface area contributed by atoms with Crippen LogP contribution in [0.25, 0.3) is 0 Å². The summed E-state index contributed by atoms with van der Waals surface area (Å²) in [6.45, 7) is 0.0294. The van der Waals surface area contributed by atoms with Crippen molar-refractivity contribution in [3.05, 3.63) is 33.8 Å². The van der Waals surface area contributed by atoms with Crippen LogP contribution in [0.3, 0.4) is 0 Å². The molecule has 1 aromatic carbocycles. The summed E-state index contributed by atoms with van der Waals surface area (Å²) in [5.74, 6) is 0. The van der Waals surface area contributed by atoms with Crippen LogP contribution in [0.5, 0.6) is 0 Å². The van der Waals surface area contributed by atoms with Crippen LogP contribution in [0.15, 0.2) is 22.7 Å². The van der Waals surface area contributed by atoms with E-state index in [2.05, 4.69) is 22.0 Å². The molecule has 70 valence electrons. The van der Waals surface area contributed by atoms with Crippen molar-refractivity contribution in [2.24, 2.45) is 5.73 Å². The van der Waals surface area contributed by atoms with Gasteiger partial charge in [-0.25, -0.2) is 0 Å². The maximum absolute atomic E-state index is 9.20. The van der Waals surface area contributed by atoms with Gasteiger partial charge in [0.25, 0.3) is 0 Å². The molecule has 0 heterocycles. The lowest BCUT2D eigenvalue weighted by Crippen LogP contribution is -2.37. The normalized spacial score (nSPS) is 26.1. The lowest BCUT2D eigenvalue weighted by Gasteiger charge is -2.22. The van der Waals surface area contributed by atoms with Gasteiger partial charge in [0, 0.05) is 4.47 Å². The standard InChI is InChI=1S/C10H12BrNO/c11-8-1-2-9-7(5-8)3-4-10(9,12)6-13/h1-2,5,13H,3-4,6,12H2/t10-/m1/s1. The number of aliphatic hydroxyl groups excluding tert-OH is 1. The summed E-state index contributed by atoms with van der Waals surface area (Å²) < 4.78 is 1.08. The number of halogens is 1. The van der Waals surface area contributed by atoms with Crippen molar-refractivity contribution in [3.8, 4) is 0 Å². The molecule has 3 heteroatoms. The van der Waals surface area contributed by atoms with E-state index in [1.165, 1.54) is 5.56 Å². The van der Waals surface area contributed by atoms with E-state index >= 15 is 0 Å². The predicted octanol–water partition coefficient (Wildman–Crippen LogP) is 1.54. The average molecular weight is 242 g/mol. The number of fused-ring (bicyclic) bond motifs is 1. The summed E-state index contributed by atoms with van der Waals surface area (Å²) in [5.41, 5.74) is 7.90. The summed E-state index contributed by atoms with van der Waals surface area (Å²) >= 11 is 3.42. The van der Waals surface area contributed by atoms with Crippen molar-refractivity contribution < 1.29 is 5.11 Å². The van der Waals surface area contributed by atoms with Crippen LogP contribution in [0.1, 0.15) is 17.5 Å². The molecule has 0 radical (unpaired) electrons. The zero-order chi connectivity index (χ0) is 9.47. The Morgan fingerprint density at radius 2 is 2.31 bits per heavy atom. The molecule has 0 spiro atoms. The molecule has 1 aliphatic rings. The first-order chi connectivity index (χ1) is 6.15. The minimum Gasteiger partial charge on any atom is -0.394 e. The van der Waals surface area contributed by atoms with Crippen molar-refractivity contribution in [1.82, 2.24) is 0 Å². The highest BCUT2D eigenvalue weighted by atomic mass is 79.9. The van der Waals surface area contributed by atoms with E-state index in [9.17, 15) is 5.11 Å². The van der Waals surface area contributed by atoms with E-state index in [0.717, 1.165) is 22.9 Å². The second kappa shape index (κ2) is 3.08. The molecule has 1 aliphatic carbocycles. The van der Waals surface area contributed by atoms with Gasteiger partial charge in [-0.15, -0.1) is 0 Å². The van der Waals surface area contributed by atoms with Crippen LogP contribution < -0.4 is 5.73 Å². The van der Waals surface area contributed by atoms with Crippen LogP contribution in [-0.4, -0.2) is 11.7 Å². The van der Waals surface area contributed by atoms with Crippen molar-refractivity contribution >= 4 is 15.9 Å². The monoisotopic (exact) mass is 241 g/mol. The smallest absolute Gasteiger partial charge is 0.0653 e. The number of rotatable bonds is 1. The highest BCUT2D eigenvalue weighted by Crippen LogP contribution is 2.35. The Bertz CT molecular complexity index is 340. The Morgan fingerprint density at radius 3 is 3.00 bits per heavy atom. The molecule has 2 nitrogen and oxygen atoms in total. The van der Waals surface area contributed by atoms with Crippen LogP contribution in [0.4, 0.5) is 0 Å². The van der Waals surface area contributed by atoms with E-state index in [4.69, 9.17) is 5.73 Å². The van der Waals surface area contributed by atoms with Gasteiger partial charge in [-0.2, -0.15) is 0 Å². The molecule has 0 unspecified atom stereocenters. The molecule has 13 heavy (non-hydrogen) atoms. The van der Waals surface area contributed by atoms with E-state index in [0.29, 0.717) is 0 Å². The average Bonchev–Trinajstić information content (AvgIpc) is 2.45. The van der Waals surface area contributed by atoms with Gasteiger partial charge in [0.15, 0.2) is 0 Å². The van der Waals surface area contributed by atoms with Gasteiger partial charge in [0.2, 0.25) is 0 Å². The lowest BCUT2D eigenvalue weighted by atomic mass is 9.94. The molecule has 0 saturated carbocycles. The largest absolute Gasteiger partial charge is 0.394 e. The Labute approximate surface area is 85.9 Å². The van der Waals surface area contributed by atoms with Crippen LogP contribution in [0.2, 0.25) is 0 Å². The second-order valence-electron chi connectivity index (χ2n) is 3.62. The molecule has 0 fully saturated rings. The van der Waals surface area contributed by atoms with Gasteiger partial charge in [-0.3, -0.25) is 0 Å². The molecule has 2 rings (SSSR count). The number of hydrogen-bond acceptors (Lipinski definition) is 2. The van der Waals surface area contributed by atoms with E-state index in [-0.39, 0.29) is 6.61 Å². The molecule has 0 aliphatic heterocycles. The summed E-state index contributed by atoms with van der Waals surface area (Å²) in [7, 11) is 0. The predicted molar refractivity (Wildman–Crippen MR) is 55.4 cm³/mol. The van der Waals surface area contributed by atoms with Crippen LogP contribution in [0, 0.1) is 0 Å². The van der Waals surface area contributed by atoms with Crippen molar-refractivity contribution in [2.75, 3.05) is 6.61 Å². The molecular weight excluding hydrogens is 230 g/mol. The molecule has 0 aromatic heterocycles. The molecule has 1 aromatic rings. The highest BCUT2D eigenvalue weighted by Gasteiger charge is 2.34. The number of hydrogen-bond donors (Lipinski definition) is 2. The Hall–Kier alpha value is -0.380. The molecule has 3 N–H and O–H groups in total. The van der Waals surface area contributed by atoms with Crippen molar-refractivity contribution in [2.45, 2.75) is 18.4 Å². The van der Waals surface area contributed by atoms with Crippen LogP contribution >= 0.6 is 15.9 Å². The van der Waals surface area contributed by atoms with Gasteiger partial charge in [0.1, 0.15) is 0 Å². The number of nitrogens with two attached hydrogens (primary N) is 1. The minimum atomic E-state index is -0.504. The zero-order valence-corrected chi connectivity index (χ0v) is 8.84. The second-order valence-corrected chi connectivity index (χ2v) is 4.53. The summed E-state index contributed by atoms with van der Waals surface area (Å²) in [4.78, 5) is 0. The fourth-order valence-corrected chi connectivity index (χ4v) is 2.32. The van der Waals surface area contributed by atoms with Gasteiger partial charge >= 0.3 is 0 Å². The van der Waals surface area contributed by atoms with Gasteiger partial charge in [-0.1, -0.05) is 22.0 Å². The van der Waals surface area contributed by atoms with Gasteiger partial charge < -0.3 is 10.8 Å². The van der Waals surface area contributed by atoms with Gasteiger partial charge in [0.05, 0.1) is 12.1 Å². The quantitative estimate of drug-likeness (QED) is 0.784. The Morgan fingerprint density at radius 1 is 1.54 bits per heavy atom. The Kier molecular flexibility index (Phi) is 2.18. The zero-order valence-electron chi connectivity index (χ0n) is 7.26. The highest BCUT2D eigenvalue weighted by molar-refractivity contribution is 9.10. The third kappa shape index (κ3) is 1.41. The topological polar surface area (TPSA) is 46.2 Å². The van der Waals surface area contributed by atoms with Crippen LogP contribution in [-0.2, 0) is 12.0 Å². The molecular formula is C10H12BrNO. The Balaban J connectivity index is 2.49. The van der Waals surface area contributed by atoms with Gasteiger partial charge in [-0.05, 0) is 36.1 Å². The van der Waals surface area contributed by atoms with E-state index in [1.807, 2.05) is 12.1 Å². The SMILES string of the molecule is N[C@@]1(CO)CCc2cc(Br)ccc21. The molecule has 1 atom stereocenters. The first-order valence-corrected chi connectivity index (χ1v) is 5.14. The molecule has 0 amide bonds. The first-order valence-electron chi connectivity index (χ1n) is 4.34. The maximum Gasteiger partial charge on any atom is 0.0653 e. The third-order valence-corrected chi connectivity index (χ3v) is 3.22. The number of aryl methyl sites for hydroxylation is 1. The summed E-state index contributed by atoms with van der Waals surface area (Å²) in [5, 5.41) is 9.20. The lowest BCUT2D eigenvalue weighted by molar-refractivity contribution is 0.197. The minimum absolute atomic E-state index is 0.0294. The summed E-state index contributed by atoms with van der Waals surface area (Å²) in [6, 6.07) is 6.06. The third-order valence-electron chi connectivity index (χ3n) is 2.73. The van der Waals surface area contributed by atoms with E-state index < -0.39 is 5.54 Å². The summed E-state index contributed by atoms with van der Waals surface area (Å²) in [6.07, 6.45) is 1.81. The number of benzene rings is 1. The fourth-order valence-electron chi connectivity index (χ4n) is 1.91. The first kappa shape index (κ1) is 9.19. The molecule has 0 saturated heterocycles.